The predicted molar refractivity (Wildman–Crippen MR) is 74.1 cm³/mol. The molecule has 1 aromatic heterocycles. The fourth-order valence-electron chi connectivity index (χ4n) is 3.29. The number of aromatic nitrogens is 1. The number of carboxylic acids is 1. The van der Waals surface area contributed by atoms with Gasteiger partial charge in [0.05, 0.1) is 5.41 Å². The van der Waals surface area contributed by atoms with Crippen molar-refractivity contribution in [3.8, 4) is 0 Å². The fraction of sp³-hybridized carbons (Fsp3) is 0.375. The van der Waals surface area contributed by atoms with E-state index in [0.717, 1.165) is 48.4 Å². The molecule has 0 radical (unpaired) electrons. The van der Waals surface area contributed by atoms with Crippen LogP contribution in [0.15, 0.2) is 36.7 Å². The molecular formula is C16H17NO2. The molecule has 3 rings (SSSR count). The Morgan fingerprint density at radius 1 is 1.16 bits per heavy atom. The molecule has 3 nitrogen and oxygen atoms in total. The fourth-order valence-corrected chi connectivity index (χ4v) is 3.29. The number of fused-ring (bicyclic) bond motifs is 1. The number of hydrogen-bond acceptors (Lipinski definition) is 2. The molecule has 0 saturated heterocycles. The topological polar surface area (TPSA) is 50.2 Å². The first kappa shape index (κ1) is 12.2. The Balaban J connectivity index is 2.23. The Labute approximate surface area is 112 Å². The lowest BCUT2D eigenvalue weighted by atomic mass is 9.68. The monoisotopic (exact) mass is 255 g/mol. The number of aliphatic carboxylic acids is 1. The quantitative estimate of drug-likeness (QED) is 0.893. The van der Waals surface area contributed by atoms with Crippen molar-refractivity contribution < 1.29 is 9.90 Å². The zero-order chi connectivity index (χ0) is 13.3. The molecule has 1 saturated carbocycles. The summed E-state index contributed by atoms with van der Waals surface area (Å²) in [6, 6.07) is 7.84. The normalized spacial score (nSPS) is 18.3. The first-order chi connectivity index (χ1) is 9.24. The van der Waals surface area contributed by atoms with Crippen LogP contribution >= 0.6 is 0 Å². The Bertz CT molecular complexity index is 610. The van der Waals surface area contributed by atoms with E-state index in [1.54, 1.807) is 12.4 Å². The molecule has 0 unspecified atom stereocenters. The van der Waals surface area contributed by atoms with Crippen molar-refractivity contribution in [1.29, 1.82) is 0 Å². The van der Waals surface area contributed by atoms with Crippen molar-refractivity contribution in [1.82, 2.24) is 4.98 Å². The molecule has 19 heavy (non-hydrogen) atoms. The summed E-state index contributed by atoms with van der Waals surface area (Å²) in [6.07, 6.45) is 8.15. The van der Waals surface area contributed by atoms with E-state index in [1.165, 1.54) is 0 Å². The van der Waals surface area contributed by atoms with Crippen LogP contribution in [0.4, 0.5) is 0 Å². The Morgan fingerprint density at radius 3 is 2.68 bits per heavy atom. The van der Waals surface area contributed by atoms with Crippen LogP contribution in [0.2, 0.25) is 0 Å². The molecule has 1 aromatic carbocycles. The van der Waals surface area contributed by atoms with Crippen molar-refractivity contribution in [3.63, 3.8) is 0 Å². The third kappa shape index (κ3) is 1.89. The first-order valence-corrected chi connectivity index (χ1v) is 6.81. The standard InChI is InChI=1S/C16H17NO2/c18-15(19)16(8-2-1-3-9-16)14-6-4-5-12-11-17-10-7-13(12)14/h4-7,10-11H,1-3,8-9H2,(H,18,19). The van der Waals surface area contributed by atoms with Crippen LogP contribution in [0.25, 0.3) is 10.8 Å². The number of benzene rings is 1. The number of nitrogens with zero attached hydrogens (tertiary/aromatic N) is 1. The summed E-state index contributed by atoms with van der Waals surface area (Å²) < 4.78 is 0. The minimum atomic E-state index is -0.709. The van der Waals surface area contributed by atoms with Crippen LogP contribution in [-0.4, -0.2) is 16.1 Å². The largest absolute Gasteiger partial charge is 0.481 e. The van der Waals surface area contributed by atoms with Gasteiger partial charge in [-0.15, -0.1) is 0 Å². The summed E-state index contributed by atoms with van der Waals surface area (Å²) in [5.74, 6) is -0.684. The zero-order valence-electron chi connectivity index (χ0n) is 10.8. The van der Waals surface area contributed by atoms with E-state index < -0.39 is 11.4 Å². The van der Waals surface area contributed by atoms with E-state index >= 15 is 0 Å². The van der Waals surface area contributed by atoms with Crippen molar-refractivity contribution in [3.05, 3.63) is 42.2 Å². The predicted octanol–water partition coefficient (Wildman–Crippen LogP) is 3.52. The van der Waals surface area contributed by atoms with Crippen LogP contribution in [0, 0.1) is 0 Å². The highest BCUT2D eigenvalue weighted by Gasteiger charge is 2.42. The van der Waals surface area contributed by atoms with Gasteiger partial charge in [-0.2, -0.15) is 0 Å². The lowest BCUT2D eigenvalue weighted by molar-refractivity contribution is -0.145. The van der Waals surface area contributed by atoms with Crippen LogP contribution in [0.5, 0.6) is 0 Å². The third-order valence-corrected chi connectivity index (χ3v) is 4.31. The Kier molecular flexibility index (Phi) is 2.97. The van der Waals surface area contributed by atoms with Crippen molar-refractivity contribution in [2.75, 3.05) is 0 Å². The number of carbonyl (C=O) groups is 1. The van der Waals surface area contributed by atoms with Gasteiger partial charge in [-0.1, -0.05) is 37.5 Å². The van der Waals surface area contributed by atoms with Gasteiger partial charge in [0.2, 0.25) is 0 Å². The first-order valence-electron chi connectivity index (χ1n) is 6.81. The maximum absolute atomic E-state index is 11.9. The molecule has 1 N–H and O–H groups in total. The van der Waals surface area contributed by atoms with Gasteiger partial charge in [-0.25, -0.2) is 0 Å². The Hall–Kier alpha value is -1.90. The molecule has 0 atom stereocenters. The summed E-state index contributed by atoms with van der Waals surface area (Å²) in [6.45, 7) is 0. The van der Waals surface area contributed by atoms with Gasteiger partial charge in [0.1, 0.15) is 0 Å². The number of carboxylic acid groups (broad SMARTS) is 1. The summed E-state index contributed by atoms with van der Waals surface area (Å²) in [7, 11) is 0. The molecule has 1 heterocycles. The summed E-state index contributed by atoms with van der Waals surface area (Å²) >= 11 is 0. The number of pyridine rings is 1. The number of rotatable bonds is 2. The van der Waals surface area contributed by atoms with Crippen molar-refractivity contribution >= 4 is 16.7 Å². The van der Waals surface area contributed by atoms with Crippen molar-refractivity contribution in [2.24, 2.45) is 0 Å². The van der Waals surface area contributed by atoms with Crippen molar-refractivity contribution in [2.45, 2.75) is 37.5 Å². The molecule has 0 bridgehead atoms. The van der Waals surface area contributed by atoms with Crippen LogP contribution in [-0.2, 0) is 10.2 Å². The minimum Gasteiger partial charge on any atom is -0.481 e. The smallest absolute Gasteiger partial charge is 0.314 e. The van der Waals surface area contributed by atoms with E-state index in [1.807, 2.05) is 24.3 Å². The lowest BCUT2D eigenvalue weighted by Gasteiger charge is -2.34. The van der Waals surface area contributed by atoms with Gasteiger partial charge in [0, 0.05) is 17.8 Å². The highest BCUT2D eigenvalue weighted by atomic mass is 16.4. The third-order valence-electron chi connectivity index (χ3n) is 4.31. The molecule has 2 aromatic rings. The second-order valence-electron chi connectivity index (χ2n) is 5.35. The second kappa shape index (κ2) is 4.65. The molecule has 1 aliphatic rings. The van der Waals surface area contributed by atoms with E-state index in [4.69, 9.17) is 0 Å². The lowest BCUT2D eigenvalue weighted by Crippen LogP contribution is -2.38. The van der Waals surface area contributed by atoms with Gasteiger partial charge in [-0.3, -0.25) is 9.78 Å². The average Bonchev–Trinajstić information content (AvgIpc) is 2.47. The van der Waals surface area contributed by atoms with E-state index in [-0.39, 0.29) is 0 Å². The molecule has 0 amide bonds. The maximum atomic E-state index is 11.9. The highest BCUT2D eigenvalue weighted by Crippen LogP contribution is 2.42. The molecule has 3 heteroatoms. The summed E-state index contributed by atoms with van der Waals surface area (Å²) in [4.78, 5) is 16.0. The van der Waals surface area contributed by atoms with Gasteiger partial charge < -0.3 is 5.11 Å². The number of hydrogen-bond donors (Lipinski definition) is 1. The van der Waals surface area contributed by atoms with Gasteiger partial charge in [-0.05, 0) is 29.9 Å². The van der Waals surface area contributed by atoms with Crippen LogP contribution < -0.4 is 0 Å². The van der Waals surface area contributed by atoms with E-state index in [9.17, 15) is 9.90 Å². The Morgan fingerprint density at radius 2 is 1.95 bits per heavy atom. The summed E-state index contributed by atoms with van der Waals surface area (Å²) in [5.41, 5.74) is 0.249. The summed E-state index contributed by atoms with van der Waals surface area (Å²) in [5, 5.41) is 11.8. The molecule has 1 aliphatic carbocycles. The van der Waals surface area contributed by atoms with E-state index in [0.29, 0.717) is 0 Å². The van der Waals surface area contributed by atoms with E-state index in [2.05, 4.69) is 4.98 Å². The van der Waals surface area contributed by atoms with Gasteiger partial charge in [0.15, 0.2) is 0 Å². The van der Waals surface area contributed by atoms with Gasteiger partial charge >= 0.3 is 5.97 Å². The SMILES string of the molecule is O=C(O)C1(c2cccc3cnccc23)CCCCC1. The highest BCUT2D eigenvalue weighted by molar-refractivity contribution is 5.92. The van der Waals surface area contributed by atoms with Gasteiger partial charge in [0.25, 0.3) is 0 Å². The average molecular weight is 255 g/mol. The molecular weight excluding hydrogens is 238 g/mol. The molecule has 98 valence electrons. The van der Waals surface area contributed by atoms with Crippen LogP contribution in [0.3, 0.4) is 0 Å². The second-order valence-corrected chi connectivity index (χ2v) is 5.35. The minimum absolute atomic E-state index is 0.684. The molecule has 1 fully saturated rings. The molecule has 0 spiro atoms. The zero-order valence-corrected chi connectivity index (χ0v) is 10.8. The maximum Gasteiger partial charge on any atom is 0.314 e. The van der Waals surface area contributed by atoms with Crippen LogP contribution in [0.1, 0.15) is 37.7 Å². The molecule has 0 aliphatic heterocycles.